The second kappa shape index (κ2) is 5.75. The number of hydrogen-bond acceptors (Lipinski definition) is 4. The van der Waals surface area contributed by atoms with Crippen LogP contribution in [0, 0.1) is 0 Å². The predicted octanol–water partition coefficient (Wildman–Crippen LogP) is 3.21. The number of benzene rings is 1. The maximum atomic E-state index is 5.91. The van der Waals surface area contributed by atoms with Crippen molar-refractivity contribution in [3.63, 3.8) is 0 Å². The monoisotopic (exact) mass is 271 g/mol. The van der Waals surface area contributed by atoms with Crippen molar-refractivity contribution in [2.45, 2.75) is 45.1 Å². The summed E-state index contributed by atoms with van der Waals surface area (Å²) in [7, 11) is 0. The average Bonchev–Trinajstić information content (AvgIpc) is 2.97. The number of rotatable bonds is 4. The van der Waals surface area contributed by atoms with E-state index in [1.165, 1.54) is 17.5 Å². The van der Waals surface area contributed by atoms with Gasteiger partial charge in [-0.15, -0.1) is 10.2 Å². The third kappa shape index (κ3) is 2.48. The molecule has 0 spiro atoms. The van der Waals surface area contributed by atoms with Gasteiger partial charge in [0, 0.05) is 0 Å². The molecule has 2 aromatic rings. The van der Waals surface area contributed by atoms with Gasteiger partial charge in [-0.2, -0.15) is 0 Å². The second-order valence-electron chi connectivity index (χ2n) is 5.40. The minimum absolute atomic E-state index is 0.111. The van der Waals surface area contributed by atoms with E-state index in [0.29, 0.717) is 5.89 Å². The predicted molar refractivity (Wildman–Crippen MR) is 77.6 cm³/mol. The Balaban J connectivity index is 1.87. The second-order valence-corrected chi connectivity index (χ2v) is 5.40. The van der Waals surface area contributed by atoms with E-state index >= 15 is 0 Å². The van der Waals surface area contributed by atoms with Crippen molar-refractivity contribution < 1.29 is 4.42 Å². The summed E-state index contributed by atoms with van der Waals surface area (Å²) in [6.45, 7) is 5.02. The van der Waals surface area contributed by atoms with Gasteiger partial charge >= 0.3 is 0 Å². The van der Waals surface area contributed by atoms with E-state index in [0.717, 1.165) is 25.3 Å². The van der Waals surface area contributed by atoms with Crippen molar-refractivity contribution in [1.29, 1.82) is 0 Å². The van der Waals surface area contributed by atoms with E-state index in [2.05, 4.69) is 53.6 Å². The maximum Gasteiger partial charge on any atom is 0.233 e. The minimum Gasteiger partial charge on any atom is -0.423 e. The molecular weight excluding hydrogens is 250 g/mol. The highest BCUT2D eigenvalue weighted by Crippen LogP contribution is 2.36. The molecule has 2 unspecified atom stereocenters. The van der Waals surface area contributed by atoms with E-state index in [4.69, 9.17) is 4.42 Å². The number of hydrogen-bond donors (Lipinski definition) is 1. The molecule has 0 fully saturated rings. The maximum absolute atomic E-state index is 5.91. The van der Waals surface area contributed by atoms with E-state index < -0.39 is 0 Å². The Bertz CT molecular complexity index is 579. The van der Waals surface area contributed by atoms with Crippen molar-refractivity contribution in [3.05, 3.63) is 47.2 Å². The van der Waals surface area contributed by atoms with Crippen LogP contribution < -0.4 is 5.32 Å². The molecule has 4 heteroatoms. The first-order chi connectivity index (χ1) is 9.79. The molecule has 0 saturated carbocycles. The van der Waals surface area contributed by atoms with Gasteiger partial charge in [-0.3, -0.25) is 0 Å². The van der Waals surface area contributed by atoms with E-state index in [9.17, 15) is 0 Å². The Labute approximate surface area is 119 Å². The van der Waals surface area contributed by atoms with E-state index in [1.807, 2.05) is 0 Å². The van der Waals surface area contributed by atoms with Crippen molar-refractivity contribution in [2.75, 3.05) is 6.54 Å². The zero-order chi connectivity index (χ0) is 13.9. The summed E-state index contributed by atoms with van der Waals surface area (Å²) >= 11 is 0. The molecular formula is C16H21N3O. The lowest BCUT2D eigenvalue weighted by Crippen LogP contribution is -2.17. The fraction of sp³-hybridized carbons (Fsp3) is 0.500. The normalized spacial score (nSPS) is 19.6. The highest BCUT2D eigenvalue weighted by Gasteiger charge is 2.26. The molecule has 0 bridgehead atoms. The topological polar surface area (TPSA) is 51.0 Å². The Morgan fingerprint density at radius 3 is 3.05 bits per heavy atom. The highest BCUT2D eigenvalue weighted by atomic mass is 16.4. The summed E-state index contributed by atoms with van der Waals surface area (Å²) in [6, 6.07) is 8.71. The molecule has 1 aliphatic carbocycles. The summed E-state index contributed by atoms with van der Waals surface area (Å²) in [5.74, 6) is 1.71. The Morgan fingerprint density at radius 1 is 1.35 bits per heavy atom. The summed E-state index contributed by atoms with van der Waals surface area (Å²) in [5, 5.41) is 11.8. The Hall–Kier alpha value is -1.68. The highest BCUT2D eigenvalue weighted by molar-refractivity contribution is 5.35. The molecule has 0 saturated heterocycles. The van der Waals surface area contributed by atoms with E-state index in [-0.39, 0.29) is 12.0 Å². The van der Waals surface area contributed by atoms with Gasteiger partial charge in [0.15, 0.2) is 0 Å². The zero-order valence-corrected chi connectivity index (χ0v) is 12.1. The molecule has 0 aliphatic heterocycles. The number of fused-ring (bicyclic) bond motifs is 1. The van der Waals surface area contributed by atoms with Gasteiger partial charge in [-0.05, 0) is 43.9 Å². The van der Waals surface area contributed by atoms with Crippen LogP contribution in [0.2, 0.25) is 0 Å². The van der Waals surface area contributed by atoms with Crippen LogP contribution in [0.15, 0.2) is 28.7 Å². The quantitative estimate of drug-likeness (QED) is 0.927. The van der Waals surface area contributed by atoms with Crippen molar-refractivity contribution in [2.24, 2.45) is 0 Å². The van der Waals surface area contributed by atoms with E-state index in [1.54, 1.807) is 0 Å². The first-order valence-electron chi connectivity index (χ1n) is 7.44. The largest absolute Gasteiger partial charge is 0.423 e. The molecule has 0 radical (unpaired) electrons. The van der Waals surface area contributed by atoms with Crippen LogP contribution in [0.5, 0.6) is 0 Å². The van der Waals surface area contributed by atoms with Gasteiger partial charge in [0.05, 0.1) is 12.0 Å². The van der Waals surface area contributed by atoms with Crippen LogP contribution >= 0.6 is 0 Å². The van der Waals surface area contributed by atoms with Crippen molar-refractivity contribution in [1.82, 2.24) is 15.5 Å². The smallest absolute Gasteiger partial charge is 0.233 e. The fourth-order valence-electron chi connectivity index (χ4n) is 2.97. The van der Waals surface area contributed by atoms with Gasteiger partial charge < -0.3 is 9.73 Å². The van der Waals surface area contributed by atoms with Gasteiger partial charge in [-0.25, -0.2) is 0 Å². The van der Waals surface area contributed by atoms with Crippen LogP contribution in [0.4, 0.5) is 0 Å². The van der Waals surface area contributed by atoms with Crippen molar-refractivity contribution in [3.8, 4) is 0 Å². The molecule has 1 aromatic carbocycles. The Morgan fingerprint density at radius 2 is 2.20 bits per heavy atom. The van der Waals surface area contributed by atoms with Gasteiger partial charge in [0.1, 0.15) is 0 Å². The molecule has 4 nitrogen and oxygen atoms in total. The fourth-order valence-corrected chi connectivity index (χ4v) is 2.97. The minimum atomic E-state index is 0.111. The molecule has 1 aromatic heterocycles. The van der Waals surface area contributed by atoms with Gasteiger partial charge in [0.25, 0.3) is 0 Å². The lowest BCUT2D eigenvalue weighted by molar-refractivity contribution is 0.377. The van der Waals surface area contributed by atoms with Gasteiger partial charge in [0.2, 0.25) is 11.8 Å². The lowest BCUT2D eigenvalue weighted by Gasteiger charge is -2.22. The first-order valence-corrected chi connectivity index (χ1v) is 7.44. The molecule has 106 valence electrons. The molecule has 20 heavy (non-hydrogen) atoms. The first kappa shape index (κ1) is 13.3. The molecule has 2 atom stereocenters. The summed E-state index contributed by atoms with van der Waals surface area (Å²) < 4.78 is 5.91. The van der Waals surface area contributed by atoms with Crippen LogP contribution in [-0.4, -0.2) is 16.7 Å². The summed E-state index contributed by atoms with van der Waals surface area (Å²) in [5.41, 5.74) is 2.77. The summed E-state index contributed by atoms with van der Waals surface area (Å²) in [6.07, 6.45) is 3.43. The van der Waals surface area contributed by atoms with Crippen LogP contribution in [-0.2, 0) is 6.42 Å². The Kier molecular flexibility index (Phi) is 3.83. The molecule has 0 amide bonds. The SMILES string of the molecule is CCNC(C)c1nnc(C2CCCc3ccccc32)o1. The van der Waals surface area contributed by atoms with Crippen LogP contribution in [0.25, 0.3) is 0 Å². The number of nitrogens with zero attached hydrogens (tertiary/aromatic N) is 2. The zero-order valence-electron chi connectivity index (χ0n) is 12.1. The number of aromatic nitrogens is 2. The number of aryl methyl sites for hydroxylation is 1. The van der Waals surface area contributed by atoms with Crippen LogP contribution in [0.1, 0.15) is 61.6 Å². The van der Waals surface area contributed by atoms with Crippen molar-refractivity contribution >= 4 is 0 Å². The summed E-state index contributed by atoms with van der Waals surface area (Å²) in [4.78, 5) is 0. The average molecular weight is 271 g/mol. The molecule has 1 aliphatic rings. The standard InChI is InChI=1S/C16H21N3O/c1-3-17-11(2)15-18-19-16(20-15)14-10-6-8-12-7-4-5-9-13(12)14/h4-5,7,9,11,14,17H,3,6,8,10H2,1-2H3. The molecule has 1 N–H and O–H groups in total. The third-order valence-electron chi connectivity index (χ3n) is 4.00. The lowest BCUT2D eigenvalue weighted by atomic mass is 9.83. The molecule has 1 heterocycles. The van der Waals surface area contributed by atoms with Crippen LogP contribution in [0.3, 0.4) is 0 Å². The molecule has 3 rings (SSSR count). The third-order valence-corrected chi connectivity index (χ3v) is 4.00. The number of nitrogens with one attached hydrogen (secondary N) is 1. The van der Waals surface area contributed by atoms with Gasteiger partial charge in [-0.1, -0.05) is 31.2 Å².